The standard InChI is InChI=1S/C16H23BFNO2/c18-16-8-12(7-15(9-16)17(20)21)10-19-6-5-13-3-1-2-4-14(13)11-19/h7-9,13-14,20-21H,1-6,10-11H2. The van der Waals surface area contributed by atoms with E-state index < -0.39 is 12.9 Å². The average Bonchev–Trinajstić information content (AvgIpc) is 2.46. The molecule has 3 nitrogen and oxygen atoms in total. The minimum atomic E-state index is -1.61. The van der Waals surface area contributed by atoms with Crippen LogP contribution in [0.15, 0.2) is 18.2 Å². The van der Waals surface area contributed by atoms with E-state index in [1.165, 1.54) is 44.2 Å². The fourth-order valence-electron chi connectivity index (χ4n) is 3.99. The van der Waals surface area contributed by atoms with Gasteiger partial charge in [-0.2, -0.15) is 0 Å². The van der Waals surface area contributed by atoms with Crippen molar-refractivity contribution in [1.29, 1.82) is 0 Å². The molecule has 0 bridgehead atoms. The Kier molecular flexibility index (Phi) is 4.62. The van der Waals surface area contributed by atoms with E-state index in [1.54, 1.807) is 6.07 Å². The van der Waals surface area contributed by atoms with E-state index in [4.69, 9.17) is 0 Å². The van der Waals surface area contributed by atoms with Gasteiger partial charge in [0.15, 0.2) is 0 Å². The van der Waals surface area contributed by atoms with Crippen molar-refractivity contribution in [3.05, 3.63) is 29.6 Å². The van der Waals surface area contributed by atoms with Crippen molar-refractivity contribution in [3.8, 4) is 0 Å². The van der Waals surface area contributed by atoms with Gasteiger partial charge in [-0.15, -0.1) is 0 Å². The summed E-state index contributed by atoms with van der Waals surface area (Å²) in [6.07, 6.45) is 6.67. The van der Waals surface area contributed by atoms with Gasteiger partial charge in [0.05, 0.1) is 0 Å². The molecule has 0 radical (unpaired) electrons. The van der Waals surface area contributed by atoms with E-state index in [9.17, 15) is 14.4 Å². The van der Waals surface area contributed by atoms with Gasteiger partial charge in [0, 0.05) is 13.1 Å². The SMILES string of the molecule is OB(O)c1cc(F)cc(CN2CCC3CCCCC3C2)c1. The van der Waals surface area contributed by atoms with E-state index in [2.05, 4.69) is 4.90 Å². The second-order valence-corrected chi connectivity index (χ2v) is 6.59. The maximum atomic E-state index is 13.6. The van der Waals surface area contributed by atoms with Crippen LogP contribution in [0, 0.1) is 17.7 Å². The Labute approximate surface area is 125 Å². The van der Waals surface area contributed by atoms with E-state index in [-0.39, 0.29) is 5.46 Å². The van der Waals surface area contributed by atoms with Gasteiger partial charge < -0.3 is 10.0 Å². The number of hydrogen-bond donors (Lipinski definition) is 2. The zero-order valence-corrected chi connectivity index (χ0v) is 12.3. The van der Waals surface area contributed by atoms with Crippen molar-refractivity contribution in [1.82, 2.24) is 4.90 Å². The quantitative estimate of drug-likeness (QED) is 0.830. The first-order chi connectivity index (χ1) is 10.1. The first kappa shape index (κ1) is 15.0. The first-order valence-electron chi connectivity index (χ1n) is 7.99. The Morgan fingerprint density at radius 1 is 1.10 bits per heavy atom. The smallest absolute Gasteiger partial charge is 0.423 e. The third kappa shape index (κ3) is 3.65. The molecular formula is C16H23BFNO2. The van der Waals surface area contributed by atoms with Gasteiger partial charge in [-0.25, -0.2) is 4.39 Å². The molecule has 1 saturated heterocycles. The van der Waals surface area contributed by atoms with Crippen molar-refractivity contribution in [2.45, 2.75) is 38.6 Å². The number of likely N-dealkylation sites (tertiary alicyclic amines) is 1. The second-order valence-electron chi connectivity index (χ2n) is 6.59. The summed E-state index contributed by atoms with van der Waals surface area (Å²) in [6, 6.07) is 4.38. The Balaban J connectivity index is 1.66. The number of piperidine rings is 1. The molecule has 1 saturated carbocycles. The molecular weight excluding hydrogens is 268 g/mol. The summed E-state index contributed by atoms with van der Waals surface area (Å²) in [7, 11) is -1.61. The molecule has 0 aromatic heterocycles. The van der Waals surface area contributed by atoms with Gasteiger partial charge >= 0.3 is 7.12 Å². The minimum Gasteiger partial charge on any atom is -0.423 e. The summed E-state index contributed by atoms with van der Waals surface area (Å²) in [4.78, 5) is 2.38. The van der Waals surface area contributed by atoms with Crippen LogP contribution in [0.3, 0.4) is 0 Å². The lowest BCUT2D eigenvalue weighted by molar-refractivity contribution is 0.0820. The molecule has 1 heterocycles. The molecule has 21 heavy (non-hydrogen) atoms. The lowest BCUT2D eigenvalue weighted by Crippen LogP contribution is -2.41. The summed E-state index contributed by atoms with van der Waals surface area (Å²) in [5.74, 6) is 1.28. The van der Waals surface area contributed by atoms with Gasteiger partial charge in [-0.05, 0) is 54.4 Å². The molecule has 1 aliphatic heterocycles. The van der Waals surface area contributed by atoms with Crippen molar-refractivity contribution in [2.24, 2.45) is 11.8 Å². The minimum absolute atomic E-state index is 0.234. The van der Waals surface area contributed by atoms with Crippen LogP contribution >= 0.6 is 0 Å². The highest BCUT2D eigenvalue weighted by molar-refractivity contribution is 6.58. The largest absolute Gasteiger partial charge is 0.488 e. The van der Waals surface area contributed by atoms with Crippen LogP contribution < -0.4 is 5.46 Å². The molecule has 1 aliphatic carbocycles. The zero-order chi connectivity index (χ0) is 14.8. The van der Waals surface area contributed by atoms with Gasteiger partial charge in [0.25, 0.3) is 0 Å². The van der Waals surface area contributed by atoms with Crippen LogP contribution in [0.1, 0.15) is 37.7 Å². The third-order valence-corrected chi connectivity index (χ3v) is 5.06. The normalized spacial score (nSPS) is 26.4. The molecule has 2 atom stereocenters. The predicted octanol–water partition coefficient (Wildman–Crippen LogP) is 1.52. The molecule has 114 valence electrons. The number of hydrogen-bond acceptors (Lipinski definition) is 3. The summed E-state index contributed by atoms with van der Waals surface area (Å²) < 4.78 is 13.6. The van der Waals surface area contributed by atoms with Crippen LogP contribution in [-0.4, -0.2) is 35.2 Å². The lowest BCUT2D eigenvalue weighted by Gasteiger charge is -2.41. The van der Waals surface area contributed by atoms with Gasteiger partial charge in [0.1, 0.15) is 5.82 Å². The Hall–Kier alpha value is -0.905. The van der Waals surface area contributed by atoms with E-state index in [0.29, 0.717) is 6.54 Å². The Bertz CT molecular complexity index is 497. The second kappa shape index (κ2) is 6.47. The number of fused-ring (bicyclic) bond motifs is 1. The summed E-state index contributed by atoms with van der Waals surface area (Å²) in [5.41, 5.74) is 1.06. The molecule has 2 N–H and O–H groups in total. The maximum absolute atomic E-state index is 13.6. The predicted molar refractivity (Wildman–Crippen MR) is 81.6 cm³/mol. The molecule has 0 amide bonds. The summed E-state index contributed by atoms with van der Waals surface area (Å²) in [6.45, 7) is 2.85. The van der Waals surface area contributed by atoms with Crippen molar-refractivity contribution in [2.75, 3.05) is 13.1 Å². The van der Waals surface area contributed by atoms with Crippen LogP contribution in [0.2, 0.25) is 0 Å². The number of halogens is 1. The van der Waals surface area contributed by atoms with Crippen LogP contribution in [0.25, 0.3) is 0 Å². The van der Waals surface area contributed by atoms with Gasteiger partial charge in [0.2, 0.25) is 0 Å². The molecule has 0 spiro atoms. The summed E-state index contributed by atoms with van der Waals surface area (Å²) >= 11 is 0. The molecule has 2 unspecified atom stereocenters. The van der Waals surface area contributed by atoms with Crippen LogP contribution in [0.5, 0.6) is 0 Å². The molecule has 5 heteroatoms. The molecule has 3 rings (SSSR count). The van der Waals surface area contributed by atoms with E-state index >= 15 is 0 Å². The fraction of sp³-hybridized carbons (Fsp3) is 0.625. The first-order valence-corrected chi connectivity index (χ1v) is 7.99. The molecule has 1 aromatic rings. The van der Waals surface area contributed by atoms with Gasteiger partial charge in [-0.1, -0.05) is 25.3 Å². The van der Waals surface area contributed by atoms with Gasteiger partial charge in [-0.3, -0.25) is 4.90 Å². The maximum Gasteiger partial charge on any atom is 0.488 e. The molecule has 2 fully saturated rings. The van der Waals surface area contributed by atoms with Crippen LogP contribution in [0.4, 0.5) is 4.39 Å². The van der Waals surface area contributed by atoms with Crippen molar-refractivity contribution in [3.63, 3.8) is 0 Å². The number of nitrogens with zero attached hydrogens (tertiary/aromatic N) is 1. The summed E-state index contributed by atoms with van der Waals surface area (Å²) in [5, 5.41) is 18.4. The highest BCUT2D eigenvalue weighted by atomic mass is 19.1. The Morgan fingerprint density at radius 3 is 2.62 bits per heavy atom. The molecule has 1 aromatic carbocycles. The van der Waals surface area contributed by atoms with E-state index in [1.807, 2.05) is 0 Å². The average molecular weight is 291 g/mol. The highest BCUT2D eigenvalue weighted by Crippen LogP contribution is 2.36. The van der Waals surface area contributed by atoms with Crippen LogP contribution in [-0.2, 0) is 6.54 Å². The zero-order valence-electron chi connectivity index (χ0n) is 12.3. The third-order valence-electron chi connectivity index (χ3n) is 5.06. The Morgan fingerprint density at radius 2 is 1.86 bits per heavy atom. The van der Waals surface area contributed by atoms with Crippen molar-refractivity contribution >= 4 is 12.6 Å². The van der Waals surface area contributed by atoms with E-state index in [0.717, 1.165) is 30.5 Å². The topological polar surface area (TPSA) is 43.7 Å². The fourth-order valence-corrected chi connectivity index (χ4v) is 3.99. The number of rotatable bonds is 3. The number of benzene rings is 1. The lowest BCUT2D eigenvalue weighted by atomic mass is 9.75. The highest BCUT2D eigenvalue weighted by Gasteiger charge is 2.31. The van der Waals surface area contributed by atoms with Crippen molar-refractivity contribution < 1.29 is 14.4 Å². The monoisotopic (exact) mass is 291 g/mol. The molecule has 2 aliphatic rings.